The maximum Gasteiger partial charge on any atom is 0.308 e. The van der Waals surface area contributed by atoms with Crippen LogP contribution in [0.5, 0.6) is 0 Å². The van der Waals surface area contributed by atoms with E-state index >= 15 is 0 Å². The number of thiophene rings is 1. The number of halogens is 1. The normalized spacial score (nSPS) is 10.7. The smallest absolute Gasteiger partial charge is 0.308 e. The molecule has 0 saturated carbocycles. The van der Waals surface area contributed by atoms with Crippen LogP contribution < -0.4 is 15.9 Å². The third-order valence-electron chi connectivity index (χ3n) is 4.20. The van der Waals surface area contributed by atoms with Crippen LogP contribution in [0.3, 0.4) is 0 Å². The molecule has 0 aliphatic rings. The van der Waals surface area contributed by atoms with Crippen molar-refractivity contribution in [1.29, 1.82) is 0 Å². The second-order valence-electron chi connectivity index (χ2n) is 5.98. The summed E-state index contributed by atoms with van der Waals surface area (Å²) in [6.45, 7) is 0. The molecule has 5 nitrogen and oxygen atoms in total. The number of hydrogen-bond acceptors (Lipinski definition) is 5. The van der Waals surface area contributed by atoms with Crippen LogP contribution in [0.15, 0.2) is 54.6 Å². The second kappa shape index (κ2) is 6.67. The minimum Gasteiger partial charge on any atom is -0.383 e. The fourth-order valence-electron chi connectivity index (χ4n) is 2.77. The summed E-state index contributed by atoms with van der Waals surface area (Å²) in [7, 11) is 1.87. The number of aromatic nitrogens is 2. The largest absolute Gasteiger partial charge is 0.383 e. The molecule has 4 aromatic rings. The second-order valence-corrected chi connectivity index (χ2v) is 6.99. The van der Waals surface area contributed by atoms with Crippen LogP contribution in [-0.4, -0.2) is 17.0 Å². The van der Waals surface area contributed by atoms with Crippen molar-refractivity contribution < 1.29 is 9.65 Å². The van der Waals surface area contributed by atoms with Gasteiger partial charge in [-0.15, -0.1) is 0 Å². The van der Waals surface area contributed by atoms with Gasteiger partial charge in [-0.1, -0.05) is 34.8 Å². The molecule has 0 unspecified atom stereocenters. The van der Waals surface area contributed by atoms with Crippen LogP contribution >= 0.6 is 11.3 Å². The standard InChI is InChI=1S/C20H14FN5S/c1-26(15-7-3-6-14(21)9-15)17-10-16-18(23)24-19(25-20(16)27-17)13-5-2-4-12(8-13)11-22/h2-10H,1H3,(H2,23,24,25)/p+1. The molecule has 0 fully saturated rings. The van der Waals surface area contributed by atoms with Crippen LogP contribution in [0.25, 0.3) is 21.6 Å². The van der Waals surface area contributed by atoms with Gasteiger partial charge in [-0.25, -0.2) is 14.4 Å². The highest BCUT2D eigenvalue weighted by atomic mass is 32.1. The van der Waals surface area contributed by atoms with Gasteiger partial charge in [0.2, 0.25) is 0 Å². The quantitative estimate of drug-likeness (QED) is 0.576. The Morgan fingerprint density at radius 2 is 1.93 bits per heavy atom. The van der Waals surface area contributed by atoms with Crippen molar-refractivity contribution in [3.63, 3.8) is 0 Å². The first-order chi connectivity index (χ1) is 13.0. The number of nitrogens with two attached hydrogens (primary N) is 1. The molecule has 2 aromatic carbocycles. The van der Waals surface area contributed by atoms with E-state index in [-0.39, 0.29) is 5.82 Å². The van der Waals surface area contributed by atoms with Gasteiger partial charge in [0.1, 0.15) is 22.0 Å². The number of rotatable bonds is 3. The Labute approximate surface area is 159 Å². The van der Waals surface area contributed by atoms with Gasteiger partial charge in [0.25, 0.3) is 0 Å². The van der Waals surface area contributed by atoms with E-state index in [0.29, 0.717) is 17.2 Å². The average Bonchev–Trinajstić information content (AvgIpc) is 3.12. The molecule has 0 amide bonds. The minimum absolute atomic E-state index is 0.287. The van der Waals surface area contributed by atoms with E-state index in [0.717, 1.165) is 26.5 Å². The number of nitrogen functional groups attached to an aromatic ring is 1. The molecule has 0 aliphatic carbocycles. The molecular weight excluding hydrogens is 361 g/mol. The van der Waals surface area contributed by atoms with Crippen molar-refractivity contribution in [2.24, 2.45) is 0 Å². The van der Waals surface area contributed by atoms with Crippen LogP contribution in [-0.2, 0) is 0 Å². The zero-order valence-corrected chi connectivity index (χ0v) is 15.2. The van der Waals surface area contributed by atoms with Gasteiger partial charge in [0.05, 0.1) is 10.4 Å². The van der Waals surface area contributed by atoms with Gasteiger partial charge >= 0.3 is 6.07 Å². The van der Waals surface area contributed by atoms with Crippen molar-refractivity contribution in [2.45, 2.75) is 0 Å². The summed E-state index contributed by atoms with van der Waals surface area (Å²) in [6, 6.07) is 18.0. The van der Waals surface area contributed by atoms with Crippen LogP contribution in [0, 0.1) is 11.9 Å². The fraction of sp³-hybridized carbons (Fsp3) is 0.0500. The lowest BCUT2D eigenvalue weighted by atomic mass is 10.1. The minimum atomic E-state index is -0.287. The summed E-state index contributed by atoms with van der Waals surface area (Å²) in [5, 5.41) is 8.92. The third-order valence-corrected chi connectivity index (χ3v) is 5.31. The van der Waals surface area contributed by atoms with Gasteiger partial charge in [-0.3, -0.25) is 0 Å². The van der Waals surface area contributed by atoms with Gasteiger partial charge in [-0.05, 0) is 36.4 Å². The Bertz CT molecular complexity index is 1190. The molecule has 2 aromatic heterocycles. The monoisotopic (exact) mass is 376 g/mol. The Hall–Kier alpha value is -3.50. The molecule has 0 saturated heterocycles. The summed E-state index contributed by atoms with van der Waals surface area (Å²) >= 11 is 1.46. The number of anilines is 3. The highest BCUT2D eigenvalue weighted by Gasteiger charge is 2.15. The molecule has 2 heterocycles. The van der Waals surface area contributed by atoms with E-state index in [9.17, 15) is 4.39 Å². The van der Waals surface area contributed by atoms with Crippen LogP contribution in [0.2, 0.25) is 0 Å². The maximum absolute atomic E-state index is 13.5. The lowest BCUT2D eigenvalue weighted by molar-refractivity contribution is -0.0909. The zero-order chi connectivity index (χ0) is 19.0. The zero-order valence-electron chi connectivity index (χ0n) is 14.4. The average molecular weight is 376 g/mol. The number of benzene rings is 2. The predicted molar refractivity (Wildman–Crippen MR) is 106 cm³/mol. The number of hydrogen-bond donors (Lipinski definition) is 2. The van der Waals surface area contributed by atoms with Crippen molar-refractivity contribution >= 4 is 38.1 Å². The summed E-state index contributed by atoms with van der Waals surface area (Å²) in [5.74, 6) is 0.596. The van der Waals surface area contributed by atoms with Crippen LogP contribution in [0.4, 0.5) is 20.9 Å². The molecule has 0 spiro atoms. The highest BCUT2D eigenvalue weighted by molar-refractivity contribution is 7.22. The first kappa shape index (κ1) is 16.9. The number of nitrogens with zero attached hydrogens (tertiary/aromatic N) is 3. The molecule has 3 N–H and O–H groups in total. The lowest BCUT2D eigenvalue weighted by Crippen LogP contribution is -2.17. The first-order valence-corrected chi connectivity index (χ1v) is 8.96. The molecule has 0 atom stereocenters. The molecule has 0 bridgehead atoms. The van der Waals surface area contributed by atoms with Crippen molar-refractivity contribution in [2.75, 3.05) is 17.7 Å². The van der Waals surface area contributed by atoms with Crippen LogP contribution in [0.1, 0.15) is 5.56 Å². The number of nitrogens with one attached hydrogen (secondary N) is 1. The number of fused-ring (bicyclic) bond motifs is 1. The van der Waals surface area contributed by atoms with E-state index in [1.807, 2.05) is 36.2 Å². The molecule has 0 aliphatic heterocycles. The Kier molecular flexibility index (Phi) is 4.18. The molecule has 7 heteroatoms. The first-order valence-electron chi connectivity index (χ1n) is 8.14. The van der Waals surface area contributed by atoms with E-state index < -0.39 is 0 Å². The topological polar surface area (TPSA) is 78.8 Å². The van der Waals surface area contributed by atoms with Gasteiger partial charge in [0, 0.05) is 18.3 Å². The SMILES string of the molecule is CN(c1cccc(F)c1)c1cc2c(N)nc(-c3cccc(C#[NH+])c3)nc2s1. The Balaban J connectivity index is 1.78. The summed E-state index contributed by atoms with van der Waals surface area (Å²) in [5.41, 5.74) is 8.32. The van der Waals surface area contributed by atoms with Crippen molar-refractivity contribution in [1.82, 2.24) is 9.97 Å². The summed E-state index contributed by atoms with van der Waals surface area (Å²) in [6.07, 6.45) is 0. The summed E-state index contributed by atoms with van der Waals surface area (Å²) in [4.78, 5) is 11.7. The van der Waals surface area contributed by atoms with Gasteiger partial charge in [0.15, 0.2) is 5.82 Å². The lowest BCUT2D eigenvalue weighted by Gasteiger charge is -2.16. The predicted octanol–water partition coefficient (Wildman–Crippen LogP) is 2.97. The molecule has 0 radical (unpaired) electrons. The van der Waals surface area contributed by atoms with Crippen molar-refractivity contribution in [3.8, 4) is 17.5 Å². The fourth-order valence-corrected chi connectivity index (χ4v) is 3.80. The van der Waals surface area contributed by atoms with Crippen molar-refractivity contribution in [3.05, 3.63) is 66.0 Å². The van der Waals surface area contributed by atoms with E-state index in [1.165, 1.54) is 23.5 Å². The molecule has 4 rings (SSSR count). The van der Waals surface area contributed by atoms with E-state index in [1.54, 1.807) is 18.2 Å². The van der Waals surface area contributed by atoms with E-state index in [2.05, 4.69) is 16.0 Å². The van der Waals surface area contributed by atoms with Gasteiger partial charge < -0.3 is 10.6 Å². The maximum atomic E-state index is 13.5. The Morgan fingerprint density at radius 1 is 1.11 bits per heavy atom. The molecule has 132 valence electrons. The Morgan fingerprint density at radius 3 is 2.70 bits per heavy atom. The van der Waals surface area contributed by atoms with E-state index in [4.69, 9.17) is 11.0 Å². The summed E-state index contributed by atoms with van der Waals surface area (Å²) < 4.78 is 13.5. The molecule has 27 heavy (non-hydrogen) atoms. The molecular formula is C20H15FN5S+. The third kappa shape index (κ3) is 3.18. The van der Waals surface area contributed by atoms with Gasteiger partial charge in [-0.2, -0.15) is 0 Å². The highest BCUT2D eigenvalue weighted by Crippen LogP contribution is 2.37.